The van der Waals surface area contributed by atoms with Crippen LogP contribution in [-0.4, -0.2) is 12.1 Å². The molecule has 0 radical (unpaired) electrons. The second-order valence-corrected chi connectivity index (χ2v) is 4.86. The Morgan fingerprint density at radius 1 is 1.50 bits per heavy atom. The Kier molecular flexibility index (Phi) is 3.47. The highest BCUT2D eigenvalue weighted by molar-refractivity contribution is 6.30. The van der Waals surface area contributed by atoms with Gasteiger partial charge in [0.1, 0.15) is 5.82 Å². The zero-order valence-corrected chi connectivity index (χ0v) is 9.97. The molecular formula is C12H16ClFN2. The molecule has 0 unspecified atom stereocenters. The van der Waals surface area contributed by atoms with Crippen molar-refractivity contribution in [1.29, 1.82) is 0 Å². The number of halogens is 2. The van der Waals surface area contributed by atoms with Crippen LogP contribution in [0.1, 0.15) is 31.4 Å². The van der Waals surface area contributed by atoms with Crippen LogP contribution in [0.3, 0.4) is 0 Å². The molecular weight excluding hydrogens is 227 g/mol. The van der Waals surface area contributed by atoms with E-state index in [2.05, 4.69) is 12.2 Å². The van der Waals surface area contributed by atoms with Gasteiger partial charge in [0.2, 0.25) is 0 Å². The molecule has 1 aromatic rings. The predicted molar refractivity (Wildman–Crippen MR) is 64.0 cm³/mol. The first-order chi connectivity index (χ1) is 7.58. The third kappa shape index (κ3) is 2.37. The molecule has 1 aliphatic heterocycles. The molecule has 0 amide bonds. The van der Waals surface area contributed by atoms with Crippen molar-refractivity contribution in [2.45, 2.75) is 37.9 Å². The molecule has 1 heterocycles. The van der Waals surface area contributed by atoms with Gasteiger partial charge in [0.05, 0.1) is 5.02 Å². The van der Waals surface area contributed by atoms with E-state index in [1.165, 1.54) is 6.07 Å². The minimum Gasteiger partial charge on any atom is -0.323 e. The highest BCUT2D eigenvalue weighted by Gasteiger charge is 2.26. The lowest BCUT2D eigenvalue weighted by Gasteiger charge is -2.20. The van der Waals surface area contributed by atoms with Crippen LogP contribution >= 0.6 is 11.6 Å². The summed E-state index contributed by atoms with van der Waals surface area (Å²) in [4.78, 5) is 0. The van der Waals surface area contributed by atoms with Gasteiger partial charge in [-0.15, -0.1) is 0 Å². The smallest absolute Gasteiger partial charge is 0.142 e. The average molecular weight is 243 g/mol. The normalized spacial score (nSPS) is 27.0. The SMILES string of the molecule is C[C@@H]1CC[C@H]([C@@H](N)c2ccc(Cl)c(F)c2)N1. The van der Waals surface area contributed by atoms with E-state index in [-0.39, 0.29) is 17.1 Å². The molecule has 1 aliphatic rings. The quantitative estimate of drug-likeness (QED) is 0.837. The van der Waals surface area contributed by atoms with E-state index >= 15 is 0 Å². The Hall–Kier alpha value is -0.640. The molecule has 0 saturated carbocycles. The number of hydrogen-bond donors (Lipinski definition) is 2. The van der Waals surface area contributed by atoms with E-state index in [0.717, 1.165) is 18.4 Å². The first-order valence-corrected chi connectivity index (χ1v) is 5.92. The van der Waals surface area contributed by atoms with Gasteiger partial charge in [0.25, 0.3) is 0 Å². The fourth-order valence-corrected chi connectivity index (χ4v) is 2.31. The fourth-order valence-electron chi connectivity index (χ4n) is 2.20. The second-order valence-electron chi connectivity index (χ2n) is 4.45. The number of hydrogen-bond acceptors (Lipinski definition) is 2. The molecule has 4 heteroatoms. The highest BCUT2D eigenvalue weighted by atomic mass is 35.5. The number of rotatable bonds is 2. The lowest BCUT2D eigenvalue weighted by Crippen LogP contribution is -2.36. The summed E-state index contributed by atoms with van der Waals surface area (Å²) in [6, 6.07) is 5.34. The van der Waals surface area contributed by atoms with Crippen LogP contribution in [-0.2, 0) is 0 Å². The van der Waals surface area contributed by atoms with Crippen LogP contribution < -0.4 is 11.1 Å². The van der Waals surface area contributed by atoms with Gasteiger partial charge < -0.3 is 11.1 Å². The van der Waals surface area contributed by atoms with Crippen molar-refractivity contribution in [3.05, 3.63) is 34.6 Å². The van der Waals surface area contributed by atoms with Crippen molar-refractivity contribution in [3.63, 3.8) is 0 Å². The number of nitrogens with two attached hydrogens (primary N) is 1. The molecule has 3 N–H and O–H groups in total. The summed E-state index contributed by atoms with van der Waals surface area (Å²) in [7, 11) is 0. The Bertz CT molecular complexity index is 383. The largest absolute Gasteiger partial charge is 0.323 e. The van der Waals surface area contributed by atoms with E-state index in [1.54, 1.807) is 12.1 Å². The Morgan fingerprint density at radius 2 is 2.25 bits per heavy atom. The Labute approximate surface area is 100.0 Å². The molecule has 0 bridgehead atoms. The van der Waals surface area contributed by atoms with Crippen molar-refractivity contribution in [2.24, 2.45) is 5.73 Å². The second kappa shape index (κ2) is 4.70. The Morgan fingerprint density at radius 3 is 2.81 bits per heavy atom. The number of benzene rings is 1. The molecule has 2 nitrogen and oxygen atoms in total. The first kappa shape index (κ1) is 11.8. The van der Waals surface area contributed by atoms with Crippen LogP contribution in [0.25, 0.3) is 0 Å². The van der Waals surface area contributed by atoms with E-state index in [0.29, 0.717) is 6.04 Å². The molecule has 2 rings (SSSR count). The van der Waals surface area contributed by atoms with E-state index in [9.17, 15) is 4.39 Å². The van der Waals surface area contributed by atoms with Crippen LogP contribution in [0.2, 0.25) is 5.02 Å². The lowest BCUT2D eigenvalue weighted by atomic mass is 9.99. The molecule has 1 aromatic carbocycles. The van der Waals surface area contributed by atoms with Crippen molar-refractivity contribution in [3.8, 4) is 0 Å². The molecule has 3 atom stereocenters. The van der Waals surface area contributed by atoms with Crippen LogP contribution in [0.4, 0.5) is 4.39 Å². The zero-order chi connectivity index (χ0) is 11.7. The summed E-state index contributed by atoms with van der Waals surface area (Å²) in [5.74, 6) is -0.402. The van der Waals surface area contributed by atoms with Gasteiger partial charge in [-0.1, -0.05) is 17.7 Å². The van der Waals surface area contributed by atoms with Crippen LogP contribution in [0.15, 0.2) is 18.2 Å². The van der Waals surface area contributed by atoms with E-state index in [1.807, 2.05) is 0 Å². The fraction of sp³-hybridized carbons (Fsp3) is 0.500. The van der Waals surface area contributed by atoms with Gasteiger partial charge in [-0.2, -0.15) is 0 Å². The van der Waals surface area contributed by atoms with Crippen molar-refractivity contribution >= 4 is 11.6 Å². The summed E-state index contributed by atoms with van der Waals surface area (Å²) in [5, 5.41) is 3.55. The molecule has 1 fully saturated rings. The van der Waals surface area contributed by atoms with Gasteiger partial charge in [0, 0.05) is 18.1 Å². The summed E-state index contributed by atoms with van der Waals surface area (Å²) in [6.45, 7) is 2.13. The molecule has 88 valence electrons. The lowest BCUT2D eigenvalue weighted by molar-refractivity contribution is 0.477. The van der Waals surface area contributed by atoms with Gasteiger partial charge >= 0.3 is 0 Å². The van der Waals surface area contributed by atoms with Crippen molar-refractivity contribution < 1.29 is 4.39 Å². The molecule has 0 aliphatic carbocycles. The summed E-state index contributed by atoms with van der Waals surface area (Å²) < 4.78 is 13.3. The molecule has 16 heavy (non-hydrogen) atoms. The summed E-state index contributed by atoms with van der Waals surface area (Å²) in [5.41, 5.74) is 6.91. The minimum atomic E-state index is -0.402. The summed E-state index contributed by atoms with van der Waals surface area (Å²) >= 11 is 5.64. The van der Waals surface area contributed by atoms with E-state index in [4.69, 9.17) is 17.3 Å². The highest BCUT2D eigenvalue weighted by Crippen LogP contribution is 2.25. The standard InChI is InChI=1S/C12H16ClFN2/c1-7-2-5-11(16-7)12(15)8-3-4-9(13)10(14)6-8/h3-4,6-7,11-12,16H,2,5,15H2,1H3/t7-,11-,12+/m1/s1. The predicted octanol–water partition coefficient (Wildman–Crippen LogP) is 2.62. The van der Waals surface area contributed by atoms with Gasteiger partial charge in [0.15, 0.2) is 0 Å². The van der Waals surface area contributed by atoms with Crippen LogP contribution in [0.5, 0.6) is 0 Å². The van der Waals surface area contributed by atoms with Crippen LogP contribution in [0, 0.1) is 5.82 Å². The van der Waals surface area contributed by atoms with Crippen molar-refractivity contribution in [2.75, 3.05) is 0 Å². The monoisotopic (exact) mass is 242 g/mol. The van der Waals surface area contributed by atoms with E-state index < -0.39 is 5.82 Å². The zero-order valence-electron chi connectivity index (χ0n) is 9.21. The molecule has 0 spiro atoms. The van der Waals surface area contributed by atoms with Gasteiger partial charge in [-0.25, -0.2) is 4.39 Å². The number of nitrogens with one attached hydrogen (secondary N) is 1. The minimum absolute atomic E-state index is 0.142. The summed E-state index contributed by atoms with van der Waals surface area (Å²) in [6.07, 6.45) is 2.15. The first-order valence-electron chi connectivity index (χ1n) is 5.54. The third-order valence-corrected chi connectivity index (χ3v) is 3.48. The Balaban J connectivity index is 2.14. The topological polar surface area (TPSA) is 38.0 Å². The molecule has 0 aromatic heterocycles. The molecule has 1 saturated heterocycles. The maximum absolute atomic E-state index is 13.3. The maximum Gasteiger partial charge on any atom is 0.142 e. The van der Waals surface area contributed by atoms with Crippen molar-refractivity contribution in [1.82, 2.24) is 5.32 Å². The maximum atomic E-state index is 13.3. The van der Waals surface area contributed by atoms with Gasteiger partial charge in [-0.05, 0) is 37.5 Å². The van der Waals surface area contributed by atoms with Gasteiger partial charge in [-0.3, -0.25) is 0 Å². The average Bonchev–Trinajstić information content (AvgIpc) is 2.68. The third-order valence-electron chi connectivity index (χ3n) is 3.17.